The van der Waals surface area contributed by atoms with Gasteiger partial charge in [-0.05, 0) is 30.5 Å². The van der Waals surface area contributed by atoms with Gasteiger partial charge in [-0.25, -0.2) is 18.4 Å². The average molecular weight is 668 g/mol. The zero-order valence-corrected chi connectivity index (χ0v) is 25.7. The number of hydrogen-bond acceptors (Lipinski definition) is 8. The first-order valence-corrected chi connectivity index (χ1v) is 15.0. The molecule has 1 amide bonds. The number of alkyl halides is 4. The van der Waals surface area contributed by atoms with Crippen LogP contribution in [0.15, 0.2) is 54.9 Å². The molecule has 0 spiro atoms. The van der Waals surface area contributed by atoms with Crippen LogP contribution in [0.3, 0.4) is 0 Å². The highest BCUT2D eigenvalue weighted by Crippen LogP contribution is 2.50. The van der Waals surface area contributed by atoms with Crippen molar-refractivity contribution >= 4 is 11.9 Å². The van der Waals surface area contributed by atoms with Crippen LogP contribution < -0.4 is 14.8 Å². The molecule has 0 saturated heterocycles. The first kappa shape index (κ1) is 31.2. The second kappa shape index (κ2) is 12.0. The molecule has 3 aromatic rings. The van der Waals surface area contributed by atoms with Gasteiger partial charge in [-0.1, -0.05) is 30.3 Å². The van der Waals surface area contributed by atoms with E-state index in [0.29, 0.717) is 30.8 Å². The van der Waals surface area contributed by atoms with Gasteiger partial charge in [0, 0.05) is 37.1 Å². The Kier molecular flexibility index (Phi) is 7.80. The summed E-state index contributed by atoms with van der Waals surface area (Å²) < 4.78 is 76.5. The summed E-state index contributed by atoms with van der Waals surface area (Å²) in [5.74, 6) is -1.24. The molecule has 5 heterocycles. The third-order valence-electron chi connectivity index (χ3n) is 8.51. The maximum atomic E-state index is 14.8. The Morgan fingerprint density at radius 1 is 1.06 bits per heavy atom. The summed E-state index contributed by atoms with van der Waals surface area (Å²) in [6.07, 6.45) is 0.813. The van der Waals surface area contributed by atoms with Gasteiger partial charge in [0.05, 0.1) is 36.5 Å². The molecule has 4 aliphatic rings. The second-order valence-corrected chi connectivity index (χ2v) is 11.7. The van der Waals surface area contributed by atoms with Crippen LogP contribution in [0.5, 0.6) is 11.8 Å². The number of pyridine rings is 1. The fraction of sp³-hybridized carbons (Fsp3) is 0.344. The fourth-order valence-corrected chi connectivity index (χ4v) is 6.13. The molecule has 1 saturated carbocycles. The molecule has 0 bridgehead atoms. The summed E-state index contributed by atoms with van der Waals surface area (Å²) in [5, 5.41) is 11.0. The van der Waals surface area contributed by atoms with Crippen LogP contribution in [0.1, 0.15) is 30.5 Å². The van der Waals surface area contributed by atoms with E-state index in [1.807, 2.05) is 34.9 Å². The first-order valence-electron chi connectivity index (χ1n) is 15.0. The highest BCUT2D eigenvalue weighted by atomic mass is 19.3. The van der Waals surface area contributed by atoms with Gasteiger partial charge in [-0.3, -0.25) is 14.3 Å². The lowest BCUT2D eigenvalue weighted by Crippen LogP contribution is -2.49. The molecule has 1 aromatic carbocycles. The minimum atomic E-state index is -3.20. The molecular weight excluding hydrogens is 638 g/mol. The van der Waals surface area contributed by atoms with Gasteiger partial charge in [0.1, 0.15) is 23.5 Å². The first-order chi connectivity index (χ1) is 23.1. The van der Waals surface area contributed by atoms with Crippen molar-refractivity contribution in [2.24, 2.45) is 12.5 Å². The van der Waals surface area contributed by atoms with E-state index >= 15 is 0 Å². The van der Waals surface area contributed by atoms with Crippen LogP contribution in [0.4, 0.5) is 17.6 Å². The number of amides is 1. The number of aromatic nitrogens is 6. The van der Waals surface area contributed by atoms with Crippen LogP contribution in [-0.2, 0) is 34.5 Å². The zero-order valence-electron chi connectivity index (χ0n) is 25.7. The normalized spacial score (nSPS) is 16.5. The maximum Gasteiger partial charge on any atom is 0.388 e. The van der Waals surface area contributed by atoms with E-state index < -0.39 is 47.9 Å². The van der Waals surface area contributed by atoms with E-state index in [-0.39, 0.29) is 41.4 Å². The minimum absolute atomic E-state index is 0.00629. The molecule has 0 radical (unpaired) electrons. The summed E-state index contributed by atoms with van der Waals surface area (Å²) in [7, 11) is 2.72. The molecule has 48 heavy (non-hydrogen) atoms. The number of carbonyl (C=O) groups is 2. The Balaban J connectivity index is 1.35. The van der Waals surface area contributed by atoms with Gasteiger partial charge < -0.3 is 24.1 Å². The molecule has 1 fully saturated rings. The topological polar surface area (TPSA) is 127 Å². The SMILES string of the molecule is COC(=O)C1(C(=O)N[C@@H]2COc3c(-c4nc5n(Cc6ccccc6)cccc-5c4-c4cn(C)nc4OC(F)F)c(C(F)F)nn3C2)CC1. The number of halogens is 4. The van der Waals surface area contributed by atoms with Crippen molar-refractivity contribution < 1.29 is 41.4 Å². The highest BCUT2D eigenvalue weighted by molar-refractivity contribution is 6.05. The van der Waals surface area contributed by atoms with E-state index in [0.717, 1.165) is 5.56 Å². The summed E-state index contributed by atoms with van der Waals surface area (Å²) in [6, 6.07) is 12.3. The van der Waals surface area contributed by atoms with E-state index in [2.05, 4.69) is 15.5 Å². The standard InChI is InChI=1S/C32H29F4N7O5/c1-41-15-20(27(40-41)48-31(35)36)21-19-9-6-12-42(13-17-7-4-3-5-8-17)26(19)38-23(21)22-24(25(33)34)39-43-14-18(16-47-28(22)43)37-29(44)32(10-11-32)30(45)46-2/h3-9,12,15,18,25,31H,10-11,13-14,16H2,1-2H3,(H,37,44)/t18-/m0/s1. The molecule has 12 nitrogen and oxygen atoms in total. The molecule has 2 aromatic heterocycles. The summed E-state index contributed by atoms with van der Waals surface area (Å²) >= 11 is 0. The Labute approximate surface area is 270 Å². The lowest BCUT2D eigenvalue weighted by atomic mass is 9.98. The molecule has 250 valence electrons. The molecule has 1 N–H and O–H groups in total. The van der Waals surface area contributed by atoms with Crippen molar-refractivity contribution in [3.05, 3.63) is 66.1 Å². The van der Waals surface area contributed by atoms with Gasteiger partial charge in [-0.2, -0.15) is 13.9 Å². The maximum absolute atomic E-state index is 14.8. The molecule has 3 aliphatic heterocycles. The van der Waals surface area contributed by atoms with Crippen LogP contribution in [0, 0.1) is 5.41 Å². The van der Waals surface area contributed by atoms with Gasteiger partial charge in [0.15, 0.2) is 0 Å². The van der Waals surface area contributed by atoms with Gasteiger partial charge in [0.25, 0.3) is 6.43 Å². The quantitative estimate of drug-likeness (QED) is 0.129. The third-order valence-corrected chi connectivity index (χ3v) is 8.51. The lowest BCUT2D eigenvalue weighted by molar-refractivity contribution is -0.152. The summed E-state index contributed by atoms with van der Waals surface area (Å²) in [5.41, 5.74) is -0.314. The summed E-state index contributed by atoms with van der Waals surface area (Å²) in [6.45, 7) is -3.00. The number of fused-ring (bicyclic) bond motifs is 2. The third kappa shape index (κ3) is 5.40. The molecule has 1 atom stereocenters. The average Bonchev–Trinajstić information content (AvgIpc) is 3.50. The van der Waals surface area contributed by atoms with Crippen LogP contribution in [-0.4, -0.2) is 67.4 Å². The van der Waals surface area contributed by atoms with E-state index in [1.165, 1.54) is 29.7 Å². The van der Waals surface area contributed by atoms with Crippen LogP contribution in [0.2, 0.25) is 0 Å². The highest BCUT2D eigenvalue weighted by Gasteiger charge is 2.58. The van der Waals surface area contributed by atoms with E-state index in [9.17, 15) is 27.2 Å². The monoisotopic (exact) mass is 667 g/mol. The number of nitrogens with zero attached hydrogens (tertiary/aromatic N) is 6. The van der Waals surface area contributed by atoms with Crippen LogP contribution in [0.25, 0.3) is 33.8 Å². The largest absolute Gasteiger partial charge is 0.475 e. The molecule has 1 aliphatic carbocycles. The fourth-order valence-electron chi connectivity index (χ4n) is 6.13. The zero-order chi connectivity index (χ0) is 33.7. The molecule has 16 heteroatoms. The molecule has 0 unspecified atom stereocenters. The summed E-state index contributed by atoms with van der Waals surface area (Å²) in [4.78, 5) is 30.0. The van der Waals surface area contributed by atoms with Gasteiger partial charge in [-0.15, -0.1) is 5.10 Å². The smallest absolute Gasteiger partial charge is 0.388 e. The number of aryl methyl sites for hydroxylation is 1. The predicted molar refractivity (Wildman–Crippen MR) is 161 cm³/mol. The number of ether oxygens (including phenoxy) is 3. The van der Waals surface area contributed by atoms with Gasteiger partial charge in [0.2, 0.25) is 17.7 Å². The molecular formula is C32H29F4N7O5. The Bertz CT molecular complexity index is 1970. The predicted octanol–water partition coefficient (Wildman–Crippen LogP) is 4.67. The number of rotatable bonds is 10. The van der Waals surface area contributed by atoms with Crippen molar-refractivity contribution in [1.29, 1.82) is 0 Å². The Morgan fingerprint density at radius 3 is 2.52 bits per heavy atom. The van der Waals surface area contributed by atoms with Crippen molar-refractivity contribution in [2.75, 3.05) is 13.7 Å². The number of carbonyl (C=O) groups excluding carboxylic acids is 2. The number of hydrogen-bond donors (Lipinski definition) is 1. The van der Waals surface area contributed by atoms with Crippen molar-refractivity contribution in [1.82, 2.24) is 34.4 Å². The van der Waals surface area contributed by atoms with Crippen molar-refractivity contribution in [2.45, 2.75) is 45.0 Å². The van der Waals surface area contributed by atoms with Crippen LogP contribution >= 0.6 is 0 Å². The number of esters is 1. The molecule has 7 rings (SSSR count). The van der Waals surface area contributed by atoms with Crippen molar-refractivity contribution in [3.63, 3.8) is 0 Å². The number of benzene rings is 1. The lowest BCUT2D eigenvalue weighted by Gasteiger charge is -2.26. The van der Waals surface area contributed by atoms with Crippen molar-refractivity contribution in [3.8, 4) is 45.5 Å². The van der Waals surface area contributed by atoms with E-state index in [4.69, 9.17) is 19.2 Å². The van der Waals surface area contributed by atoms with E-state index in [1.54, 1.807) is 18.3 Å². The number of methoxy groups -OCH3 is 1. The number of nitrogens with one attached hydrogen (secondary N) is 1. The Morgan fingerprint density at radius 2 is 1.83 bits per heavy atom. The Hall–Kier alpha value is -5.41. The minimum Gasteiger partial charge on any atom is -0.475 e. The van der Waals surface area contributed by atoms with Gasteiger partial charge >= 0.3 is 12.6 Å². The second-order valence-electron chi connectivity index (χ2n) is 11.7.